The molecule has 8 nitrogen and oxygen atoms in total. The Morgan fingerprint density at radius 1 is 1.19 bits per heavy atom. The van der Waals surface area contributed by atoms with E-state index < -0.39 is 0 Å². The van der Waals surface area contributed by atoms with E-state index in [1.807, 2.05) is 51.7 Å². The molecule has 1 fully saturated rings. The van der Waals surface area contributed by atoms with Gasteiger partial charge in [-0.15, -0.1) is 0 Å². The van der Waals surface area contributed by atoms with Crippen LogP contribution in [0.3, 0.4) is 0 Å². The third kappa shape index (κ3) is 4.68. The summed E-state index contributed by atoms with van der Waals surface area (Å²) in [6.45, 7) is 6.15. The minimum absolute atomic E-state index is 0.0457. The summed E-state index contributed by atoms with van der Waals surface area (Å²) in [5.74, 6) is 1.14. The molecule has 0 radical (unpaired) electrons. The zero-order valence-electron chi connectivity index (χ0n) is 18.3. The molecule has 0 spiro atoms. The van der Waals surface area contributed by atoms with E-state index >= 15 is 0 Å². The summed E-state index contributed by atoms with van der Waals surface area (Å²) in [5, 5.41) is 7.75. The number of urea groups is 1. The molecule has 1 aromatic heterocycles. The monoisotopic (exact) mass is 425 g/mol. The molecule has 166 valence electrons. The predicted molar refractivity (Wildman–Crippen MR) is 117 cm³/mol. The molecule has 2 aliphatic heterocycles. The Hall–Kier alpha value is -3.03. The normalized spacial score (nSPS) is 17.3. The lowest BCUT2D eigenvalue weighted by atomic mass is 9.93. The lowest BCUT2D eigenvalue weighted by Crippen LogP contribution is -2.43. The molecule has 0 saturated carbocycles. The second-order valence-electron chi connectivity index (χ2n) is 8.19. The zero-order valence-corrected chi connectivity index (χ0v) is 18.3. The number of amides is 3. The maximum atomic E-state index is 12.7. The Kier molecular flexibility index (Phi) is 6.44. The largest absolute Gasteiger partial charge is 0.497 e. The Morgan fingerprint density at radius 3 is 2.74 bits per heavy atom. The standard InChI is InChI=1S/C23H31N5O3/c1-3-26-10-5-11-28-21(22(26)29)15-20(25-28)18-8-12-27(13-9-18)23(30)24-16-17-6-4-7-19(14-17)31-2/h4,6-7,14-15,18H,3,5,8-13,16H2,1-2H3,(H,24,30). The van der Waals surface area contributed by atoms with Crippen molar-refractivity contribution in [2.45, 2.75) is 45.2 Å². The smallest absolute Gasteiger partial charge is 0.317 e. The van der Waals surface area contributed by atoms with Crippen molar-refractivity contribution in [2.75, 3.05) is 33.3 Å². The Morgan fingerprint density at radius 2 is 2.00 bits per heavy atom. The summed E-state index contributed by atoms with van der Waals surface area (Å²) in [6, 6.07) is 9.63. The van der Waals surface area contributed by atoms with Crippen LogP contribution in [-0.4, -0.2) is 64.8 Å². The van der Waals surface area contributed by atoms with E-state index in [1.54, 1.807) is 7.11 Å². The van der Waals surface area contributed by atoms with E-state index in [0.29, 0.717) is 25.3 Å². The van der Waals surface area contributed by atoms with Gasteiger partial charge in [-0.05, 0) is 49.9 Å². The molecule has 4 rings (SSSR count). The molecule has 3 amide bonds. The number of rotatable bonds is 5. The van der Waals surface area contributed by atoms with Crippen LogP contribution < -0.4 is 10.1 Å². The van der Waals surface area contributed by atoms with Gasteiger partial charge < -0.3 is 19.9 Å². The number of benzene rings is 1. The second-order valence-corrected chi connectivity index (χ2v) is 8.19. The number of fused-ring (bicyclic) bond motifs is 1. The third-order valence-corrected chi connectivity index (χ3v) is 6.26. The minimum Gasteiger partial charge on any atom is -0.497 e. The van der Waals surface area contributed by atoms with Gasteiger partial charge in [0, 0.05) is 45.2 Å². The number of piperidine rings is 1. The fourth-order valence-electron chi connectivity index (χ4n) is 4.41. The number of hydrogen-bond acceptors (Lipinski definition) is 4. The van der Waals surface area contributed by atoms with Crippen molar-refractivity contribution >= 4 is 11.9 Å². The average Bonchev–Trinajstić information content (AvgIpc) is 3.18. The van der Waals surface area contributed by atoms with E-state index in [2.05, 4.69) is 5.32 Å². The average molecular weight is 426 g/mol. The molecule has 31 heavy (non-hydrogen) atoms. The van der Waals surface area contributed by atoms with Gasteiger partial charge in [0.25, 0.3) is 5.91 Å². The molecule has 3 heterocycles. The van der Waals surface area contributed by atoms with Gasteiger partial charge in [-0.25, -0.2) is 4.79 Å². The van der Waals surface area contributed by atoms with E-state index in [-0.39, 0.29) is 17.9 Å². The first-order valence-electron chi connectivity index (χ1n) is 11.1. The van der Waals surface area contributed by atoms with Crippen LogP contribution in [0.1, 0.15) is 53.8 Å². The SMILES string of the molecule is CCN1CCCn2nc(C3CCN(C(=O)NCc4cccc(OC)c4)CC3)cc2C1=O. The number of methoxy groups -OCH3 is 1. The highest BCUT2D eigenvalue weighted by Gasteiger charge is 2.29. The van der Waals surface area contributed by atoms with Gasteiger partial charge >= 0.3 is 6.03 Å². The molecule has 2 aromatic rings. The van der Waals surface area contributed by atoms with E-state index in [4.69, 9.17) is 9.84 Å². The van der Waals surface area contributed by atoms with Crippen molar-refractivity contribution in [1.29, 1.82) is 0 Å². The number of nitrogens with zero attached hydrogens (tertiary/aromatic N) is 4. The molecule has 0 unspecified atom stereocenters. The fraction of sp³-hybridized carbons (Fsp3) is 0.522. The first-order chi connectivity index (χ1) is 15.1. The summed E-state index contributed by atoms with van der Waals surface area (Å²) in [7, 11) is 1.63. The highest BCUT2D eigenvalue weighted by molar-refractivity contribution is 5.93. The number of ether oxygens (including phenoxy) is 1. The summed E-state index contributed by atoms with van der Waals surface area (Å²) >= 11 is 0. The second kappa shape index (κ2) is 9.41. The molecule has 1 aromatic carbocycles. The van der Waals surface area contributed by atoms with Crippen molar-refractivity contribution in [3.8, 4) is 5.75 Å². The van der Waals surface area contributed by atoms with Crippen LogP contribution in [0.2, 0.25) is 0 Å². The number of aryl methyl sites for hydroxylation is 1. The molecule has 8 heteroatoms. The molecular weight excluding hydrogens is 394 g/mol. The maximum Gasteiger partial charge on any atom is 0.317 e. The van der Waals surface area contributed by atoms with Crippen LogP contribution in [0.4, 0.5) is 4.79 Å². The first kappa shape index (κ1) is 21.2. The Labute approximate surface area is 183 Å². The number of aromatic nitrogens is 2. The van der Waals surface area contributed by atoms with Crippen LogP contribution in [-0.2, 0) is 13.1 Å². The first-order valence-corrected chi connectivity index (χ1v) is 11.1. The third-order valence-electron chi connectivity index (χ3n) is 6.26. The lowest BCUT2D eigenvalue weighted by Gasteiger charge is -2.31. The lowest BCUT2D eigenvalue weighted by molar-refractivity contribution is 0.0766. The number of carbonyl (C=O) groups excluding carboxylic acids is 2. The van der Waals surface area contributed by atoms with Crippen molar-refractivity contribution in [2.24, 2.45) is 0 Å². The number of carbonyl (C=O) groups is 2. The molecular formula is C23H31N5O3. The van der Waals surface area contributed by atoms with Crippen LogP contribution in [0, 0.1) is 0 Å². The maximum absolute atomic E-state index is 12.7. The van der Waals surface area contributed by atoms with Crippen LogP contribution >= 0.6 is 0 Å². The van der Waals surface area contributed by atoms with Gasteiger partial charge in [-0.3, -0.25) is 9.48 Å². The van der Waals surface area contributed by atoms with Gasteiger partial charge in [0.05, 0.1) is 12.8 Å². The van der Waals surface area contributed by atoms with Gasteiger partial charge in [0.2, 0.25) is 0 Å². The van der Waals surface area contributed by atoms with E-state index in [9.17, 15) is 9.59 Å². The van der Waals surface area contributed by atoms with Crippen molar-refractivity contribution in [3.05, 3.63) is 47.3 Å². The highest BCUT2D eigenvalue weighted by Crippen LogP contribution is 2.29. The van der Waals surface area contributed by atoms with Crippen LogP contribution in [0.5, 0.6) is 5.75 Å². The molecule has 1 N–H and O–H groups in total. The van der Waals surface area contributed by atoms with Crippen molar-refractivity contribution in [3.63, 3.8) is 0 Å². The zero-order chi connectivity index (χ0) is 21.8. The summed E-state index contributed by atoms with van der Waals surface area (Å²) in [6.07, 6.45) is 2.64. The van der Waals surface area contributed by atoms with Crippen LogP contribution in [0.25, 0.3) is 0 Å². The number of nitrogens with one attached hydrogen (secondary N) is 1. The summed E-state index contributed by atoms with van der Waals surface area (Å²) in [4.78, 5) is 29.1. The van der Waals surface area contributed by atoms with Crippen molar-refractivity contribution < 1.29 is 14.3 Å². The molecule has 0 aliphatic carbocycles. The van der Waals surface area contributed by atoms with E-state index in [1.165, 1.54) is 0 Å². The van der Waals surface area contributed by atoms with Gasteiger partial charge in [0.15, 0.2) is 0 Å². The topological polar surface area (TPSA) is 79.7 Å². The minimum atomic E-state index is -0.0457. The summed E-state index contributed by atoms with van der Waals surface area (Å²) < 4.78 is 7.11. The highest BCUT2D eigenvalue weighted by atomic mass is 16.5. The molecule has 1 saturated heterocycles. The quantitative estimate of drug-likeness (QED) is 0.799. The van der Waals surface area contributed by atoms with Gasteiger partial charge in [0.1, 0.15) is 11.4 Å². The summed E-state index contributed by atoms with van der Waals surface area (Å²) in [5.41, 5.74) is 2.69. The Balaban J connectivity index is 1.32. The van der Waals surface area contributed by atoms with Crippen LogP contribution in [0.15, 0.2) is 30.3 Å². The van der Waals surface area contributed by atoms with Crippen molar-refractivity contribution in [1.82, 2.24) is 24.9 Å². The number of hydrogen-bond donors (Lipinski definition) is 1. The molecule has 0 atom stereocenters. The van der Waals surface area contributed by atoms with Gasteiger partial charge in [-0.2, -0.15) is 5.10 Å². The predicted octanol–water partition coefficient (Wildman–Crippen LogP) is 2.85. The molecule has 2 aliphatic rings. The van der Waals surface area contributed by atoms with E-state index in [0.717, 1.165) is 55.9 Å². The number of likely N-dealkylation sites (tertiary alicyclic amines) is 1. The fourth-order valence-corrected chi connectivity index (χ4v) is 4.41. The molecule has 0 bridgehead atoms. The van der Waals surface area contributed by atoms with Gasteiger partial charge in [-0.1, -0.05) is 12.1 Å². The Bertz CT molecular complexity index is 933.